The van der Waals surface area contributed by atoms with Crippen molar-refractivity contribution in [1.29, 1.82) is 0 Å². The summed E-state index contributed by atoms with van der Waals surface area (Å²) in [5.41, 5.74) is 1.12. The Bertz CT molecular complexity index is 567. The van der Waals surface area contributed by atoms with Gasteiger partial charge in [-0.2, -0.15) is 13.2 Å². The third kappa shape index (κ3) is 3.43. The van der Waals surface area contributed by atoms with Crippen LogP contribution in [0.3, 0.4) is 0 Å². The highest BCUT2D eigenvalue weighted by molar-refractivity contribution is 5.36. The first-order valence-electron chi connectivity index (χ1n) is 6.07. The van der Waals surface area contributed by atoms with E-state index in [9.17, 15) is 13.2 Å². The van der Waals surface area contributed by atoms with Crippen molar-refractivity contribution in [2.24, 2.45) is 0 Å². The molecule has 0 atom stereocenters. The van der Waals surface area contributed by atoms with E-state index < -0.39 is 11.9 Å². The maximum Gasteiger partial charge on any atom is 0.435 e. The molecule has 0 saturated carbocycles. The van der Waals surface area contributed by atoms with Gasteiger partial charge in [0.15, 0.2) is 5.69 Å². The zero-order chi connectivity index (χ0) is 14.6. The SMILES string of the molecule is CCc1cnccc1CNc1ccc(C(F)(F)F)nn1. The van der Waals surface area contributed by atoms with E-state index in [1.165, 1.54) is 6.07 Å². The largest absolute Gasteiger partial charge is 0.435 e. The molecule has 0 aliphatic heterocycles. The van der Waals surface area contributed by atoms with Gasteiger partial charge in [-0.1, -0.05) is 6.92 Å². The number of aromatic nitrogens is 3. The molecule has 0 spiro atoms. The molecule has 4 nitrogen and oxygen atoms in total. The Morgan fingerprint density at radius 2 is 1.90 bits per heavy atom. The molecule has 2 aromatic rings. The van der Waals surface area contributed by atoms with Crippen LogP contribution in [0.2, 0.25) is 0 Å². The molecule has 2 aromatic heterocycles. The van der Waals surface area contributed by atoms with Crippen LogP contribution in [0, 0.1) is 0 Å². The molecule has 7 heteroatoms. The molecule has 0 amide bonds. The molecule has 0 fully saturated rings. The van der Waals surface area contributed by atoms with Gasteiger partial charge in [-0.25, -0.2) is 0 Å². The quantitative estimate of drug-likeness (QED) is 0.936. The summed E-state index contributed by atoms with van der Waals surface area (Å²) in [7, 11) is 0. The maximum atomic E-state index is 12.3. The summed E-state index contributed by atoms with van der Waals surface area (Å²) in [4.78, 5) is 4.03. The molecule has 0 bridgehead atoms. The molecule has 0 aliphatic carbocycles. The Morgan fingerprint density at radius 3 is 2.50 bits per heavy atom. The van der Waals surface area contributed by atoms with Gasteiger partial charge in [-0.15, -0.1) is 10.2 Å². The van der Waals surface area contributed by atoms with Gasteiger partial charge in [0.2, 0.25) is 0 Å². The van der Waals surface area contributed by atoms with E-state index in [4.69, 9.17) is 0 Å². The van der Waals surface area contributed by atoms with E-state index in [0.717, 1.165) is 23.6 Å². The second kappa shape index (κ2) is 5.85. The van der Waals surface area contributed by atoms with Gasteiger partial charge in [0.05, 0.1) is 0 Å². The van der Waals surface area contributed by atoms with E-state index in [1.54, 1.807) is 12.4 Å². The number of nitrogens with zero attached hydrogens (tertiary/aromatic N) is 3. The smallest absolute Gasteiger partial charge is 0.364 e. The average Bonchev–Trinajstić information content (AvgIpc) is 2.45. The summed E-state index contributed by atoms with van der Waals surface area (Å²) in [6.07, 6.45) is -0.181. The Hall–Kier alpha value is -2.18. The molecule has 0 unspecified atom stereocenters. The summed E-state index contributed by atoms with van der Waals surface area (Å²) in [5, 5.41) is 9.62. The van der Waals surface area contributed by atoms with E-state index >= 15 is 0 Å². The highest BCUT2D eigenvalue weighted by Gasteiger charge is 2.32. The fourth-order valence-electron chi connectivity index (χ4n) is 1.71. The number of nitrogens with one attached hydrogen (secondary N) is 1. The predicted molar refractivity (Wildman–Crippen MR) is 68.0 cm³/mol. The molecule has 0 aliphatic rings. The number of pyridine rings is 1. The summed E-state index contributed by atoms with van der Waals surface area (Å²) in [6, 6.07) is 4.04. The Labute approximate surface area is 114 Å². The van der Waals surface area contributed by atoms with E-state index in [1.807, 2.05) is 13.0 Å². The number of alkyl halides is 3. The lowest BCUT2D eigenvalue weighted by atomic mass is 10.1. The van der Waals surface area contributed by atoms with Crippen LogP contribution < -0.4 is 5.32 Å². The minimum atomic E-state index is -4.47. The van der Waals surface area contributed by atoms with Crippen molar-refractivity contribution >= 4 is 5.82 Å². The molecular formula is C13H13F3N4. The van der Waals surface area contributed by atoms with Gasteiger partial charge in [0, 0.05) is 18.9 Å². The van der Waals surface area contributed by atoms with Crippen molar-refractivity contribution in [1.82, 2.24) is 15.2 Å². The van der Waals surface area contributed by atoms with Gasteiger partial charge in [0.25, 0.3) is 0 Å². The number of hydrogen-bond donors (Lipinski definition) is 1. The van der Waals surface area contributed by atoms with Crippen LogP contribution in [0.4, 0.5) is 19.0 Å². The van der Waals surface area contributed by atoms with Crippen molar-refractivity contribution in [3.05, 3.63) is 47.4 Å². The third-order valence-electron chi connectivity index (χ3n) is 2.80. The lowest BCUT2D eigenvalue weighted by Crippen LogP contribution is -2.11. The van der Waals surface area contributed by atoms with Gasteiger partial charge in [-0.3, -0.25) is 4.98 Å². The van der Waals surface area contributed by atoms with Crippen LogP contribution in [-0.4, -0.2) is 15.2 Å². The molecule has 2 heterocycles. The zero-order valence-corrected chi connectivity index (χ0v) is 10.8. The Balaban J connectivity index is 2.04. The number of rotatable bonds is 4. The first kappa shape index (κ1) is 14.2. The van der Waals surface area contributed by atoms with Crippen molar-refractivity contribution < 1.29 is 13.2 Å². The first-order chi connectivity index (χ1) is 9.50. The van der Waals surface area contributed by atoms with Crippen LogP contribution in [0.1, 0.15) is 23.7 Å². The van der Waals surface area contributed by atoms with Crippen LogP contribution in [-0.2, 0) is 19.1 Å². The molecule has 0 aromatic carbocycles. The summed E-state index contributed by atoms with van der Waals surface area (Å²) < 4.78 is 37.0. The highest BCUT2D eigenvalue weighted by Crippen LogP contribution is 2.27. The Kier molecular flexibility index (Phi) is 4.16. The minimum Gasteiger partial charge on any atom is -0.364 e. The topological polar surface area (TPSA) is 50.7 Å². The second-order valence-electron chi connectivity index (χ2n) is 4.15. The van der Waals surface area contributed by atoms with E-state index in [-0.39, 0.29) is 0 Å². The van der Waals surface area contributed by atoms with E-state index in [0.29, 0.717) is 12.4 Å². The highest BCUT2D eigenvalue weighted by atomic mass is 19.4. The minimum absolute atomic E-state index is 0.303. The lowest BCUT2D eigenvalue weighted by Gasteiger charge is -2.09. The van der Waals surface area contributed by atoms with E-state index in [2.05, 4.69) is 20.5 Å². The lowest BCUT2D eigenvalue weighted by molar-refractivity contribution is -0.141. The van der Waals surface area contributed by atoms with Crippen molar-refractivity contribution in [2.75, 3.05) is 5.32 Å². The van der Waals surface area contributed by atoms with Crippen LogP contribution in [0.15, 0.2) is 30.6 Å². The standard InChI is InChI=1S/C13H13F3N4/c1-2-9-7-17-6-5-10(9)8-18-12-4-3-11(19-20-12)13(14,15)16/h3-7H,2,8H2,1H3,(H,18,20). The van der Waals surface area contributed by atoms with Crippen molar-refractivity contribution in [2.45, 2.75) is 26.1 Å². The molecule has 106 valence electrons. The van der Waals surface area contributed by atoms with Gasteiger partial charge in [-0.05, 0) is 35.7 Å². The van der Waals surface area contributed by atoms with Gasteiger partial charge < -0.3 is 5.32 Å². The number of aryl methyl sites for hydroxylation is 1. The molecule has 0 radical (unpaired) electrons. The predicted octanol–water partition coefficient (Wildman–Crippen LogP) is 3.06. The first-order valence-corrected chi connectivity index (χ1v) is 6.07. The normalized spacial score (nSPS) is 11.4. The van der Waals surface area contributed by atoms with Crippen molar-refractivity contribution in [3.63, 3.8) is 0 Å². The number of halogens is 3. The van der Waals surface area contributed by atoms with Gasteiger partial charge >= 0.3 is 6.18 Å². The third-order valence-corrected chi connectivity index (χ3v) is 2.80. The number of anilines is 1. The molecule has 0 saturated heterocycles. The van der Waals surface area contributed by atoms with Crippen molar-refractivity contribution in [3.8, 4) is 0 Å². The molecule has 1 N–H and O–H groups in total. The Morgan fingerprint density at radius 1 is 1.10 bits per heavy atom. The average molecular weight is 282 g/mol. The molecule has 20 heavy (non-hydrogen) atoms. The van der Waals surface area contributed by atoms with Crippen LogP contribution >= 0.6 is 0 Å². The summed E-state index contributed by atoms with van der Waals surface area (Å²) >= 11 is 0. The monoisotopic (exact) mass is 282 g/mol. The fourth-order valence-corrected chi connectivity index (χ4v) is 1.71. The second-order valence-corrected chi connectivity index (χ2v) is 4.15. The fraction of sp³-hybridized carbons (Fsp3) is 0.308. The van der Waals surface area contributed by atoms with Crippen LogP contribution in [0.25, 0.3) is 0 Å². The molecular weight excluding hydrogens is 269 g/mol. The van der Waals surface area contributed by atoms with Crippen LogP contribution in [0.5, 0.6) is 0 Å². The maximum absolute atomic E-state index is 12.3. The summed E-state index contributed by atoms with van der Waals surface area (Å²) in [5.74, 6) is 0.303. The zero-order valence-electron chi connectivity index (χ0n) is 10.8. The number of hydrogen-bond acceptors (Lipinski definition) is 4. The van der Waals surface area contributed by atoms with Gasteiger partial charge in [0.1, 0.15) is 5.82 Å². The summed E-state index contributed by atoms with van der Waals surface area (Å²) in [6.45, 7) is 2.48. The molecule has 2 rings (SSSR count).